The van der Waals surface area contributed by atoms with Crippen LogP contribution in [0.15, 0.2) is 48.5 Å². The number of hydrogen-bond donors (Lipinski definition) is 2. The fourth-order valence-electron chi connectivity index (χ4n) is 3.17. The lowest BCUT2D eigenvalue weighted by Gasteiger charge is -2.46. The Morgan fingerprint density at radius 1 is 1.08 bits per heavy atom. The molecule has 124 valence electrons. The third kappa shape index (κ3) is 2.44. The van der Waals surface area contributed by atoms with E-state index in [1.54, 1.807) is 12.1 Å². The summed E-state index contributed by atoms with van der Waals surface area (Å²) in [7, 11) is 0. The highest BCUT2D eigenvalue weighted by atomic mass is 19.1. The van der Waals surface area contributed by atoms with Crippen LogP contribution in [-0.2, 0) is 16.9 Å². The van der Waals surface area contributed by atoms with Crippen LogP contribution in [0.1, 0.15) is 16.7 Å². The average Bonchev–Trinajstić information content (AvgIpc) is 2.54. The number of ether oxygens (including phenoxy) is 1. The number of nitrogens with two attached hydrogens (primary N) is 2. The summed E-state index contributed by atoms with van der Waals surface area (Å²) in [6, 6.07) is 11.8. The second kappa shape index (κ2) is 5.84. The first kappa shape index (κ1) is 15.8. The molecule has 0 fully saturated rings. The zero-order chi connectivity index (χ0) is 17.3. The minimum absolute atomic E-state index is 0.233. The normalized spacial score (nSPS) is 19.5. The molecule has 4 N–H and O–H groups in total. The van der Waals surface area contributed by atoms with E-state index >= 15 is 0 Å². The number of benzene rings is 2. The van der Waals surface area contributed by atoms with Gasteiger partial charge in [-0.05, 0) is 36.2 Å². The molecule has 2 aromatic carbocycles. The predicted octanol–water partition coefficient (Wildman–Crippen LogP) is 2.06. The van der Waals surface area contributed by atoms with Crippen LogP contribution in [0.25, 0.3) is 0 Å². The van der Waals surface area contributed by atoms with Gasteiger partial charge in [-0.15, -0.1) is 0 Å². The van der Waals surface area contributed by atoms with Crippen molar-refractivity contribution in [3.05, 3.63) is 71.0 Å². The van der Waals surface area contributed by atoms with Crippen LogP contribution in [0, 0.1) is 5.82 Å². The molecule has 7 heteroatoms. The van der Waals surface area contributed by atoms with Gasteiger partial charge in [-0.2, -0.15) is 0 Å². The van der Waals surface area contributed by atoms with E-state index in [1.807, 2.05) is 12.1 Å². The highest BCUT2D eigenvalue weighted by Crippen LogP contribution is 2.42. The summed E-state index contributed by atoms with van der Waals surface area (Å²) >= 11 is 0. The Balaban J connectivity index is 2.31. The molecular weight excluding hydrogens is 313 g/mol. The predicted molar refractivity (Wildman–Crippen MR) is 84.3 cm³/mol. The van der Waals surface area contributed by atoms with Crippen molar-refractivity contribution in [2.24, 2.45) is 11.5 Å². The Morgan fingerprint density at radius 2 is 1.75 bits per heavy atom. The number of urea groups is 1. The van der Waals surface area contributed by atoms with E-state index in [2.05, 4.69) is 0 Å². The number of primary amides is 2. The van der Waals surface area contributed by atoms with Crippen LogP contribution in [0.2, 0.25) is 0 Å². The van der Waals surface area contributed by atoms with Crippen LogP contribution in [0.5, 0.6) is 0 Å². The fourth-order valence-corrected chi connectivity index (χ4v) is 3.17. The van der Waals surface area contributed by atoms with Crippen LogP contribution < -0.4 is 11.5 Å². The second-order valence-corrected chi connectivity index (χ2v) is 5.47. The quantitative estimate of drug-likeness (QED) is 0.882. The summed E-state index contributed by atoms with van der Waals surface area (Å²) < 4.78 is 18.8. The molecule has 0 aromatic heterocycles. The van der Waals surface area contributed by atoms with E-state index in [4.69, 9.17) is 16.2 Å². The van der Waals surface area contributed by atoms with Gasteiger partial charge in [0.05, 0.1) is 0 Å². The van der Waals surface area contributed by atoms with Gasteiger partial charge >= 0.3 is 12.1 Å². The zero-order valence-electron chi connectivity index (χ0n) is 12.7. The maximum absolute atomic E-state index is 13.4. The Hall–Kier alpha value is -3.09. The van der Waals surface area contributed by atoms with Gasteiger partial charge in [0, 0.05) is 17.7 Å². The lowest BCUT2D eigenvalue weighted by Crippen LogP contribution is -2.58. The second-order valence-electron chi connectivity index (χ2n) is 5.47. The van der Waals surface area contributed by atoms with Crippen molar-refractivity contribution >= 4 is 12.1 Å². The van der Waals surface area contributed by atoms with Crippen molar-refractivity contribution in [3.63, 3.8) is 0 Å². The first-order chi connectivity index (χ1) is 11.4. The summed E-state index contributed by atoms with van der Waals surface area (Å²) in [5, 5.41) is 0. The maximum atomic E-state index is 13.4. The molecule has 0 radical (unpaired) electrons. The molecule has 0 bridgehead atoms. The number of nitrogens with zero attached hydrogens (tertiary/aromatic N) is 1. The van der Waals surface area contributed by atoms with Crippen molar-refractivity contribution in [2.75, 3.05) is 6.54 Å². The number of rotatable bonds is 2. The molecule has 1 atom stereocenters. The van der Waals surface area contributed by atoms with Gasteiger partial charge in [-0.25, -0.2) is 14.0 Å². The average molecular weight is 329 g/mol. The molecule has 3 amide bonds. The van der Waals surface area contributed by atoms with Crippen LogP contribution in [0.4, 0.5) is 14.0 Å². The van der Waals surface area contributed by atoms with Crippen LogP contribution in [0.3, 0.4) is 0 Å². The van der Waals surface area contributed by atoms with E-state index in [9.17, 15) is 14.0 Å². The molecule has 2 aromatic rings. The van der Waals surface area contributed by atoms with Crippen molar-refractivity contribution < 1.29 is 18.7 Å². The minimum atomic E-state index is -1.62. The third-order valence-electron chi connectivity index (χ3n) is 4.12. The van der Waals surface area contributed by atoms with Gasteiger partial charge in [-0.3, -0.25) is 4.90 Å². The monoisotopic (exact) mass is 329 g/mol. The zero-order valence-corrected chi connectivity index (χ0v) is 12.7. The smallest absolute Gasteiger partial charge is 0.407 e. The standard InChI is InChI=1S/C17H16FN3O3/c18-13-7-5-12(6-8-13)17(24-16(20)23)14-4-2-1-3-11(14)9-10-21(17)15(19)22/h1-8H,9-10H2,(H2,19,22)(H2,20,23)/t17-/m0/s1. The molecule has 1 aliphatic rings. The number of carbonyl (C=O) groups excluding carboxylic acids is 2. The number of hydrogen-bond acceptors (Lipinski definition) is 3. The van der Waals surface area contributed by atoms with Crippen molar-refractivity contribution in [3.8, 4) is 0 Å². The molecule has 0 spiro atoms. The van der Waals surface area contributed by atoms with Gasteiger partial charge in [0.25, 0.3) is 0 Å². The molecule has 0 aliphatic carbocycles. The Labute approximate surface area is 137 Å². The summed E-state index contributed by atoms with van der Waals surface area (Å²) in [6.07, 6.45) is -0.522. The molecule has 6 nitrogen and oxygen atoms in total. The third-order valence-corrected chi connectivity index (χ3v) is 4.12. The largest absolute Gasteiger partial charge is 0.414 e. The lowest BCUT2D eigenvalue weighted by atomic mass is 9.84. The van der Waals surface area contributed by atoms with Gasteiger partial charge in [0.2, 0.25) is 5.72 Å². The van der Waals surface area contributed by atoms with E-state index in [-0.39, 0.29) is 6.54 Å². The molecule has 0 saturated heterocycles. The van der Waals surface area contributed by atoms with Crippen molar-refractivity contribution in [2.45, 2.75) is 12.1 Å². The van der Waals surface area contributed by atoms with Gasteiger partial charge < -0.3 is 16.2 Å². The molecular formula is C17H16FN3O3. The molecule has 3 rings (SSSR count). The van der Waals surface area contributed by atoms with E-state index in [0.717, 1.165) is 5.56 Å². The van der Waals surface area contributed by atoms with E-state index in [1.165, 1.54) is 29.2 Å². The lowest BCUT2D eigenvalue weighted by molar-refractivity contribution is -0.0646. The number of amides is 3. The Bertz CT molecular complexity index is 794. The summed E-state index contributed by atoms with van der Waals surface area (Å²) in [6.45, 7) is 0.233. The first-order valence-corrected chi connectivity index (χ1v) is 7.35. The summed E-state index contributed by atoms with van der Waals surface area (Å²) in [5.74, 6) is -0.456. The minimum Gasteiger partial charge on any atom is -0.414 e. The molecule has 0 unspecified atom stereocenters. The first-order valence-electron chi connectivity index (χ1n) is 7.35. The van der Waals surface area contributed by atoms with Crippen molar-refractivity contribution in [1.29, 1.82) is 0 Å². The highest BCUT2D eigenvalue weighted by Gasteiger charge is 2.49. The van der Waals surface area contributed by atoms with Crippen LogP contribution >= 0.6 is 0 Å². The Kier molecular flexibility index (Phi) is 3.84. The Morgan fingerprint density at radius 3 is 2.38 bits per heavy atom. The van der Waals surface area contributed by atoms with Gasteiger partial charge in [0.1, 0.15) is 5.82 Å². The van der Waals surface area contributed by atoms with Crippen LogP contribution in [-0.4, -0.2) is 23.6 Å². The maximum Gasteiger partial charge on any atom is 0.407 e. The fraction of sp³-hybridized carbons (Fsp3) is 0.176. The number of halogens is 1. The molecule has 0 saturated carbocycles. The van der Waals surface area contributed by atoms with E-state index < -0.39 is 23.7 Å². The highest BCUT2D eigenvalue weighted by molar-refractivity contribution is 5.76. The molecule has 1 heterocycles. The van der Waals surface area contributed by atoms with Crippen molar-refractivity contribution in [1.82, 2.24) is 4.90 Å². The summed E-state index contributed by atoms with van der Waals surface area (Å²) in [4.78, 5) is 24.9. The van der Waals surface area contributed by atoms with E-state index in [0.29, 0.717) is 17.5 Å². The molecule has 1 aliphatic heterocycles. The number of carbonyl (C=O) groups is 2. The van der Waals surface area contributed by atoms with Gasteiger partial charge in [-0.1, -0.05) is 24.3 Å². The molecule has 24 heavy (non-hydrogen) atoms. The number of fused-ring (bicyclic) bond motifs is 1. The SMILES string of the molecule is NC(=O)O[C@@]1(c2ccc(F)cc2)c2ccccc2CCN1C(N)=O. The van der Waals surface area contributed by atoms with Gasteiger partial charge in [0.15, 0.2) is 0 Å². The summed E-state index contributed by atoms with van der Waals surface area (Å²) in [5.41, 5.74) is 11.0. The topological polar surface area (TPSA) is 98.7 Å².